The van der Waals surface area contributed by atoms with Crippen LogP contribution in [0.2, 0.25) is 0 Å². The number of carboxylic acids is 1. The van der Waals surface area contributed by atoms with Crippen molar-refractivity contribution in [1.29, 1.82) is 4.78 Å². The maximum atomic E-state index is 10.8. The first-order valence-electron chi connectivity index (χ1n) is 2.85. The van der Waals surface area contributed by atoms with E-state index in [2.05, 4.69) is 0 Å². The van der Waals surface area contributed by atoms with Gasteiger partial charge in [0.05, 0.1) is 9.73 Å². The first kappa shape index (κ1) is 9.42. The van der Waals surface area contributed by atoms with Crippen LogP contribution >= 0.6 is 0 Å². The van der Waals surface area contributed by atoms with Gasteiger partial charge in [0.25, 0.3) is 0 Å². The number of hydrogen-bond donors (Lipinski definition) is 2. The van der Waals surface area contributed by atoms with Gasteiger partial charge in [-0.25, -0.2) is 4.21 Å². The van der Waals surface area contributed by atoms with Gasteiger partial charge < -0.3 is 5.11 Å². The predicted molar refractivity (Wildman–Crippen MR) is 38.5 cm³/mol. The molecular formula is C5H11NO3S. The molecule has 0 saturated heterocycles. The lowest BCUT2D eigenvalue weighted by molar-refractivity contribution is -0.136. The lowest BCUT2D eigenvalue weighted by Gasteiger charge is -2.08. The van der Waals surface area contributed by atoms with Gasteiger partial charge in [-0.05, 0) is 6.42 Å². The summed E-state index contributed by atoms with van der Waals surface area (Å²) in [6, 6.07) is 0. The largest absolute Gasteiger partial charge is 0.480 e. The molecule has 0 amide bonds. The number of nitrogens with one attached hydrogen (secondary N) is 1. The average molecular weight is 165 g/mol. The van der Waals surface area contributed by atoms with E-state index in [-0.39, 0.29) is 6.42 Å². The van der Waals surface area contributed by atoms with Gasteiger partial charge in [0.15, 0.2) is 0 Å². The summed E-state index contributed by atoms with van der Waals surface area (Å²) >= 11 is 0. The fraction of sp³-hybridized carbons (Fsp3) is 0.800. The zero-order chi connectivity index (χ0) is 8.36. The highest BCUT2D eigenvalue weighted by Crippen LogP contribution is 2.04. The number of carboxylic acid groups (broad SMARTS) is 1. The molecule has 4 nitrogen and oxygen atoms in total. The van der Waals surface area contributed by atoms with E-state index in [1.807, 2.05) is 0 Å². The van der Waals surface area contributed by atoms with Crippen LogP contribution < -0.4 is 0 Å². The quantitative estimate of drug-likeness (QED) is 0.640. The van der Waals surface area contributed by atoms with Gasteiger partial charge in [-0.1, -0.05) is 6.92 Å². The van der Waals surface area contributed by atoms with Gasteiger partial charge in [-0.2, -0.15) is 0 Å². The highest BCUT2D eigenvalue weighted by Gasteiger charge is 2.22. The van der Waals surface area contributed by atoms with E-state index in [9.17, 15) is 9.00 Å². The van der Waals surface area contributed by atoms with Crippen molar-refractivity contribution in [2.45, 2.75) is 18.6 Å². The first-order chi connectivity index (χ1) is 4.39. The fourth-order valence-electron chi connectivity index (χ4n) is 0.685. The van der Waals surface area contributed by atoms with Gasteiger partial charge in [-0.15, -0.1) is 0 Å². The fourth-order valence-corrected chi connectivity index (χ4v) is 1.71. The minimum Gasteiger partial charge on any atom is -0.480 e. The molecule has 0 saturated carbocycles. The van der Waals surface area contributed by atoms with E-state index in [0.717, 1.165) is 6.26 Å². The Hall–Kier alpha value is -0.580. The van der Waals surface area contributed by atoms with Crippen LogP contribution in [-0.2, 0) is 14.5 Å². The molecule has 5 heteroatoms. The Morgan fingerprint density at radius 2 is 2.20 bits per heavy atom. The SMILES string of the molecule is CCC(C(=O)O)S(C)(=N)=O. The summed E-state index contributed by atoms with van der Waals surface area (Å²) in [7, 11) is -2.91. The van der Waals surface area contributed by atoms with Crippen LogP contribution in [0.3, 0.4) is 0 Å². The van der Waals surface area contributed by atoms with E-state index < -0.39 is 20.9 Å². The Kier molecular flexibility index (Phi) is 2.83. The van der Waals surface area contributed by atoms with Crippen molar-refractivity contribution in [1.82, 2.24) is 0 Å². The molecule has 2 unspecified atom stereocenters. The van der Waals surface area contributed by atoms with Crippen LogP contribution in [0.25, 0.3) is 0 Å². The second-order valence-electron chi connectivity index (χ2n) is 2.14. The number of hydrogen-bond acceptors (Lipinski definition) is 3. The number of rotatable bonds is 3. The Morgan fingerprint density at radius 3 is 2.20 bits per heavy atom. The average Bonchev–Trinajstić information content (AvgIpc) is 1.60. The molecule has 0 aromatic heterocycles. The molecular weight excluding hydrogens is 154 g/mol. The lowest BCUT2D eigenvalue weighted by Crippen LogP contribution is -2.27. The summed E-state index contributed by atoms with van der Waals surface area (Å²) < 4.78 is 17.8. The van der Waals surface area contributed by atoms with Crippen molar-refractivity contribution in [3.05, 3.63) is 0 Å². The first-order valence-corrected chi connectivity index (χ1v) is 4.88. The Balaban J connectivity index is 4.55. The van der Waals surface area contributed by atoms with E-state index >= 15 is 0 Å². The van der Waals surface area contributed by atoms with E-state index in [1.165, 1.54) is 0 Å². The zero-order valence-corrected chi connectivity index (χ0v) is 6.77. The second kappa shape index (κ2) is 3.01. The molecule has 0 rings (SSSR count). The number of carbonyl (C=O) groups is 1. The minimum absolute atomic E-state index is 0.244. The van der Waals surface area contributed by atoms with Crippen molar-refractivity contribution < 1.29 is 14.1 Å². The molecule has 0 bridgehead atoms. The predicted octanol–water partition coefficient (Wildman–Crippen LogP) is 0.526. The summed E-state index contributed by atoms with van der Waals surface area (Å²) in [6.07, 6.45) is 1.39. The summed E-state index contributed by atoms with van der Waals surface area (Å²) in [5.74, 6) is -1.15. The lowest BCUT2D eigenvalue weighted by atomic mass is 10.3. The minimum atomic E-state index is -2.91. The van der Waals surface area contributed by atoms with Gasteiger partial charge in [0, 0.05) is 6.26 Å². The molecule has 0 fully saturated rings. The molecule has 2 N–H and O–H groups in total. The number of aliphatic carboxylic acids is 1. The third-order valence-corrected chi connectivity index (χ3v) is 2.81. The molecule has 10 heavy (non-hydrogen) atoms. The zero-order valence-electron chi connectivity index (χ0n) is 5.96. The monoisotopic (exact) mass is 165 g/mol. The summed E-state index contributed by atoms with van der Waals surface area (Å²) in [4.78, 5) is 10.3. The van der Waals surface area contributed by atoms with E-state index in [4.69, 9.17) is 9.89 Å². The van der Waals surface area contributed by atoms with Crippen molar-refractivity contribution >= 4 is 15.7 Å². The standard InChI is InChI=1S/C5H11NO3S/c1-3-4(5(7)8)10(2,6)9/h4,6H,3H2,1-2H3,(H,7,8). The van der Waals surface area contributed by atoms with Crippen molar-refractivity contribution in [2.75, 3.05) is 6.26 Å². The van der Waals surface area contributed by atoms with Crippen LogP contribution in [0.15, 0.2) is 0 Å². The Labute approximate surface area is 60.2 Å². The summed E-state index contributed by atoms with van der Waals surface area (Å²) in [6.45, 7) is 1.61. The van der Waals surface area contributed by atoms with Gasteiger partial charge in [-0.3, -0.25) is 9.57 Å². The molecule has 0 aromatic carbocycles. The van der Waals surface area contributed by atoms with E-state index in [0.29, 0.717) is 0 Å². The second-order valence-corrected chi connectivity index (χ2v) is 4.52. The third kappa shape index (κ3) is 2.34. The maximum Gasteiger partial charge on any atom is 0.320 e. The van der Waals surface area contributed by atoms with Gasteiger partial charge in [0.1, 0.15) is 5.25 Å². The Morgan fingerprint density at radius 1 is 1.80 bits per heavy atom. The highest BCUT2D eigenvalue weighted by molar-refractivity contribution is 7.93. The smallest absolute Gasteiger partial charge is 0.320 e. The normalized spacial score (nSPS) is 19.4. The van der Waals surface area contributed by atoms with Crippen LogP contribution in [0.4, 0.5) is 0 Å². The summed E-state index contributed by atoms with van der Waals surface area (Å²) in [5, 5.41) is 7.39. The maximum absolute atomic E-state index is 10.8. The molecule has 0 aromatic rings. The molecule has 60 valence electrons. The molecule has 0 spiro atoms. The molecule has 0 aliphatic rings. The van der Waals surface area contributed by atoms with E-state index in [1.54, 1.807) is 6.92 Å². The van der Waals surface area contributed by atoms with Crippen LogP contribution in [-0.4, -0.2) is 26.8 Å². The molecule has 2 atom stereocenters. The van der Waals surface area contributed by atoms with Gasteiger partial charge in [0.2, 0.25) is 0 Å². The van der Waals surface area contributed by atoms with Crippen molar-refractivity contribution in [2.24, 2.45) is 0 Å². The summed E-state index contributed by atoms with van der Waals surface area (Å²) in [5.41, 5.74) is 0. The van der Waals surface area contributed by atoms with Crippen molar-refractivity contribution in [3.8, 4) is 0 Å². The van der Waals surface area contributed by atoms with Crippen molar-refractivity contribution in [3.63, 3.8) is 0 Å². The van der Waals surface area contributed by atoms with Gasteiger partial charge >= 0.3 is 5.97 Å². The van der Waals surface area contributed by atoms with Crippen LogP contribution in [0.1, 0.15) is 13.3 Å². The molecule has 0 aliphatic heterocycles. The van der Waals surface area contributed by atoms with Crippen LogP contribution in [0, 0.1) is 4.78 Å². The molecule has 0 heterocycles. The van der Waals surface area contributed by atoms with Crippen LogP contribution in [0.5, 0.6) is 0 Å². The highest BCUT2D eigenvalue weighted by atomic mass is 32.2. The molecule has 0 radical (unpaired) electrons. The topological polar surface area (TPSA) is 78.2 Å². The Bertz CT molecular complexity index is 219. The third-order valence-electron chi connectivity index (χ3n) is 1.19. The molecule has 0 aliphatic carbocycles.